The van der Waals surface area contributed by atoms with Crippen molar-refractivity contribution in [1.82, 2.24) is 20.3 Å². The molecule has 0 radical (unpaired) electrons. The molecule has 2 amide bonds. The molecule has 3 aromatic rings. The first-order chi connectivity index (χ1) is 13.2. The van der Waals surface area contributed by atoms with Gasteiger partial charge in [-0.05, 0) is 6.42 Å². The van der Waals surface area contributed by atoms with Gasteiger partial charge in [0.25, 0.3) is 5.91 Å². The van der Waals surface area contributed by atoms with Crippen LogP contribution in [-0.2, 0) is 11.3 Å². The number of aromatic nitrogens is 3. The maximum Gasteiger partial charge on any atom is 0.273 e. The van der Waals surface area contributed by atoms with Crippen LogP contribution in [0.1, 0.15) is 30.3 Å². The zero-order valence-electron chi connectivity index (χ0n) is 15.0. The molecule has 0 saturated heterocycles. The minimum Gasteiger partial charge on any atom is -0.355 e. The quantitative estimate of drug-likeness (QED) is 0.637. The number of hydrogen-bond acceptors (Lipinski definition) is 5. The van der Waals surface area contributed by atoms with E-state index in [0.717, 1.165) is 24.9 Å². The van der Waals surface area contributed by atoms with Gasteiger partial charge in [0.15, 0.2) is 11.5 Å². The van der Waals surface area contributed by atoms with Crippen LogP contribution in [0.4, 0.5) is 5.82 Å². The first-order valence-electron chi connectivity index (χ1n) is 8.79. The van der Waals surface area contributed by atoms with Gasteiger partial charge in [-0.25, -0.2) is 4.68 Å². The number of aryl methyl sites for hydroxylation is 1. The second-order valence-corrected chi connectivity index (χ2v) is 5.97. The van der Waals surface area contributed by atoms with Gasteiger partial charge in [0, 0.05) is 24.2 Å². The van der Waals surface area contributed by atoms with Crippen molar-refractivity contribution in [3.8, 4) is 11.3 Å². The van der Waals surface area contributed by atoms with Gasteiger partial charge in [-0.3, -0.25) is 9.59 Å². The highest BCUT2D eigenvalue weighted by molar-refractivity contribution is 5.98. The molecule has 0 bridgehead atoms. The number of anilines is 1. The number of carbonyl (C=O) groups excluding carboxylic acids is 2. The zero-order chi connectivity index (χ0) is 19.1. The van der Waals surface area contributed by atoms with Crippen LogP contribution in [-0.4, -0.2) is 33.3 Å². The number of unbranched alkanes of at least 4 members (excludes halogenated alkanes) is 1. The molecule has 2 N–H and O–H groups in total. The molecule has 0 aliphatic carbocycles. The van der Waals surface area contributed by atoms with E-state index in [1.165, 1.54) is 0 Å². The second kappa shape index (κ2) is 8.79. The highest BCUT2D eigenvalue weighted by Gasteiger charge is 2.15. The Morgan fingerprint density at radius 2 is 2.00 bits per heavy atom. The summed E-state index contributed by atoms with van der Waals surface area (Å²) in [5.41, 5.74) is 0.941. The summed E-state index contributed by atoms with van der Waals surface area (Å²) in [6.07, 6.45) is 3.63. The molecule has 0 fully saturated rings. The van der Waals surface area contributed by atoms with Gasteiger partial charge >= 0.3 is 0 Å². The number of hydrogen-bond donors (Lipinski definition) is 2. The SMILES string of the molecule is CCCCn1nccc1NC(=O)CNC(=O)c1cc(-c2ccccc2)on1. The van der Waals surface area contributed by atoms with Crippen molar-refractivity contribution in [3.63, 3.8) is 0 Å². The van der Waals surface area contributed by atoms with Crippen molar-refractivity contribution >= 4 is 17.6 Å². The van der Waals surface area contributed by atoms with E-state index in [0.29, 0.717) is 11.6 Å². The number of rotatable bonds is 8. The highest BCUT2D eigenvalue weighted by atomic mass is 16.5. The lowest BCUT2D eigenvalue weighted by atomic mass is 10.1. The molecule has 3 rings (SSSR count). The number of nitrogens with one attached hydrogen (secondary N) is 2. The van der Waals surface area contributed by atoms with Crippen molar-refractivity contribution in [1.29, 1.82) is 0 Å². The van der Waals surface area contributed by atoms with Gasteiger partial charge in [-0.2, -0.15) is 5.10 Å². The standard InChI is InChI=1S/C19H21N5O3/c1-2-3-11-24-17(9-10-21-24)22-18(25)13-20-19(26)15-12-16(27-23-15)14-7-5-4-6-8-14/h4-10,12H,2-3,11,13H2,1H3,(H,20,26)(H,22,25). The predicted octanol–water partition coefficient (Wildman–Crippen LogP) is 2.71. The molecular weight excluding hydrogens is 346 g/mol. The Morgan fingerprint density at radius 1 is 1.19 bits per heavy atom. The topological polar surface area (TPSA) is 102 Å². The monoisotopic (exact) mass is 367 g/mol. The molecule has 8 heteroatoms. The molecule has 27 heavy (non-hydrogen) atoms. The van der Waals surface area contributed by atoms with Crippen LogP contribution in [0.3, 0.4) is 0 Å². The summed E-state index contributed by atoms with van der Waals surface area (Å²) in [6.45, 7) is 2.64. The van der Waals surface area contributed by atoms with Gasteiger partial charge in [-0.15, -0.1) is 0 Å². The van der Waals surface area contributed by atoms with Gasteiger partial charge in [0.1, 0.15) is 5.82 Å². The Morgan fingerprint density at radius 3 is 2.78 bits per heavy atom. The number of amides is 2. The first-order valence-corrected chi connectivity index (χ1v) is 8.79. The minimum atomic E-state index is -0.476. The summed E-state index contributed by atoms with van der Waals surface area (Å²) >= 11 is 0. The van der Waals surface area contributed by atoms with Gasteiger partial charge in [-0.1, -0.05) is 48.8 Å². The number of benzene rings is 1. The van der Waals surface area contributed by atoms with E-state index >= 15 is 0 Å². The Labute approximate surface area is 156 Å². The van der Waals surface area contributed by atoms with Crippen molar-refractivity contribution in [3.05, 3.63) is 54.4 Å². The summed E-state index contributed by atoms with van der Waals surface area (Å²) in [4.78, 5) is 24.3. The fourth-order valence-corrected chi connectivity index (χ4v) is 2.48. The molecule has 0 saturated carbocycles. The Kier molecular flexibility index (Phi) is 5.98. The lowest BCUT2D eigenvalue weighted by Gasteiger charge is -2.08. The molecule has 8 nitrogen and oxygen atoms in total. The largest absolute Gasteiger partial charge is 0.355 e. The normalized spacial score (nSPS) is 10.6. The van der Waals surface area contributed by atoms with Crippen LogP contribution in [0.5, 0.6) is 0 Å². The third kappa shape index (κ3) is 4.81. The van der Waals surface area contributed by atoms with E-state index in [1.54, 1.807) is 23.0 Å². The summed E-state index contributed by atoms with van der Waals surface area (Å²) < 4.78 is 6.92. The first kappa shape index (κ1) is 18.4. The molecule has 140 valence electrons. The lowest BCUT2D eigenvalue weighted by molar-refractivity contribution is -0.115. The van der Waals surface area contributed by atoms with Crippen LogP contribution in [0, 0.1) is 0 Å². The van der Waals surface area contributed by atoms with E-state index in [2.05, 4.69) is 27.8 Å². The summed E-state index contributed by atoms with van der Waals surface area (Å²) in [7, 11) is 0. The third-order valence-electron chi connectivity index (χ3n) is 3.92. The summed E-state index contributed by atoms with van der Waals surface area (Å²) in [5.74, 6) is 0.282. The molecule has 2 heterocycles. The maximum atomic E-state index is 12.2. The van der Waals surface area contributed by atoms with Crippen LogP contribution >= 0.6 is 0 Å². The van der Waals surface area contributed by atoms with Gasteiger partial charge < -0.3 is 15.2 Å². The average Bonchev–Trinajstić information content (AvgIpc) is 3.35. The third-order valence-corrected chi connectivity index (χ3v) is 3.92. The molecule has 0 aliphatic heterocycles. The average molecular weight is 367 g/mol. The van der Waals surface area contributed by atoms with E-state index < -0.39 is 5.91 Å². The molecule has 0 spiro atoms. The van der Waals surface area contributed by atoms with Crippen LogP contribution in [0.15, 0.2) is 53.2 Å². The van der Waals surface area contributed by atoms with Gasteiger partial charge in [0.2, 0.25) is 5.91 Å². The van der Waals surface area contributed by atoms with Crippen molar-refractivity contribution in [2.24, 2.45) is 0 Å². The second-order valence-electron chi connectivity index (χ2n) is 5.97. The minimum absolute atomic E-state index is 0.120. The summed E-state index contributed by atoms with van der Waals surface area (Å²) in [5, 5.41) is 13.2. The van der Waals surface area contributed by atoms with E-state index in [9.17, 15) is 9.59 Å². The number of nitrogens with zero attached hydrogens (tertiary/aromatic N) is 3. The highest BCUT2D eigenvalue weighted by Crippen LogP contribution is 2.19. The van der Waals surface area contributed by atoms with Crippen LogP contribution in [0.25, 0.3) is 11.3 Å². The molecule has 2 aromatic heterocycles. The van der Waals surface area contributed by atoms with Crippen molar-refractivity contribution in [2.45, 2.75) is 26.3 Å². The predicted molar refractivity (Wildman–Crippen MR) is 100 cm³/mol. The molecule has 0 atom stereocenters. The van der Waals surface area contributed by atoms with Crippen LogP contribution in [0.2, 0.25) is 0 Å². The summed E-state index contributed by atoms with van der Waals surface area (Å²) in [6, 6.07) is 12.6. The lowest BCUT2D eigenvalue weighted by Crippen LogP contribution is -2.33. The fourth-order valence-electron chi connectivity index (χ4n) is 2.48. The van der Waals surface area contributed by atoms with Crippen molar-refractivity contribution in [2.75, 3.05) is 11.9 Å². The zero-order valence-corrected chi connectivity index (χ0v) is 15.0. The Bertz CT molecular complexity index is 901. The number of carbonyl (C=O) groups is 2. The van der Waals surface area contributed by atoms with E-state index in [1.807, 2.05) is 30.3 Å². The fraction of sp³-hybridized carbons (Fsp3) is 0.263. The Hall–Kier alpha value is -3.42. The smallest absolute Gasteiger partial charge is 0.273 e. The Balaban J connectivity index is 1.53. The van der Waals surface area contributed by atoms with E-state index in [-0.39, 0.29) is 18.1 Å². The molecule has 0 unspecified atom stereocenters. The van der Waals surface area contributed by atoms with Gasteiger partial charge in [0.05, 0.1) is 12.7 Å². The van der Waals surface area contributed by atoms with Crippen molar-refractivity contribution < 1.29 is 14.1 Å². The maximum absolute atomic E-state index is 12.2. The van der Waals surface area contributed by atoms with Crippen LogP contribution < -0.4 is 10.6 Å². The molecule has 0 aliphatic rings. The molecule has 1 aromatic carbocycles. The van der Waals surface area contributed by atoms with E-state index in [4.69, 9.17) is 4.52 Å². The molecular formula is C19H21N5O3.